The number of hydrogen-bond acceptors (Lipinski definition) is 3. The number of hydrogen-bond donors (Lipinski definition) is 1. The Kier molecular flexibility index (Phi) is 3.58. The van der Waals surface area contributed by atoms with E-state index in [1.54, 1.807) is 4.90 Å². The second-order valence-corrected chi connectivity index (χ2v) is 6.76. The van der Waals surface area contributed by atoms with E-state index in [0.29, 0.717) is 12.5 Å². The van der Waals surface area contributed by atoms with Crippen molar-refractivity contribution in [1.29, 1.82) is 0 Å². The number of amides is 1. The summed E-state index contributed by atoms with van der Waals surface area (Å²) in [4.78, 5) is 13.7. The molecule has 1 saturated carbocycles. The highest BCUT2D eigenvalue weighted by molar-refractivity contribution is 5.68. The molecule has 0 unspecified atom stereocenters. The molecule has 0 radical (unpaired) electrons. The van der Waals surface area contributed by atoms with Crippen LogP contribution in [0.3, 0.4) is 0 Å². The number of rotatable bonds is 2. The van der Waals surface area contributed by atoms with Gasteiger partial charge in [-0.1, -0.05) is 0 Å². The van der Waals surface area contributed by atoms with Crippen molar-refractivity contribution in [1.82, 2.24) is 4.90 Å². The van der Waals surface area contributed by atoms with Crippen molar-refractivity contribution in [3.05, 3.63) is 0 Å². The highest BCUT2D eigenvalue weighted by atomic mass is 16.6. The maximum absolute atomic E-state index is 11.9. The zero-order valence-electron chi connectivity index (χ0n) is 11.7. The van der Waals surface area contributed by atoms with Crippen LogP contribution in [0, 0.1) is 11.3 Å². The summed E-state index contributed by atoms with van der Waals surface area (Å²) in [5.41, 5.74) is -0.225. The second-order valence-electron chi connectivity index (χ2n) is 6.76. The summed E-state index contributed by atoms with van der Waals surface area (Å²) < 4.78 is 5.38. The van der Waals surface area contributed by atoms with Gasteiger partial charge in [0.15, 0.2) is 0 Å². The fourth-order valence-corrected chi connectivity index (χ4v) is 2.86. The van der Waals surface area contributed by atoms with Gasteiger partial charge in [0.2, 0.25) is 0 Å². The molecular formula is C14H25NO3. The molecule has 4 nitrogen and oxygen atoms in total. The smallest absolute Gasteiger partial charge is 0.410 e. The van der Waals surface area contributed by atoms with Crippen molar-refractivity contribution in [3.63, 3.8) is 0 Å². The lowest BCUT2D eigenvalue weighted by atomic mass is 9.82. The molecule has 0 spiro atoms. The van der Waals surface area contributed by atoms with E-state index in [0.717, 1.165) is 38.8 Å². The average Bonchev–Trinajstić information content (AvgIpc) is 3.08. The Morgan fingerprint density at radius 1 is 1.33 bits per heavy atom. The van der Waals surface area contributed by atoms with Gasteiger partial charge in [-0.2, -0.15) is 0 Å². The first-order valence-corrected chi connectivity index (χ1v) is 6.95. The van der Waals surface area contributed by atoms with Crippen LogP contribution in [-0.2, 0) is 4.74 Å². The van der Waals surface area contributed by atoms with E-state index in [1.165, 1.54) is 0 Å². The molecule has 0 aromatic heterocycles. The van der Waals surface area contributed by atoms with Crippen LogP contribution >= 0.6 is 0 Å². The zero-order valence-corrected chi connectivity index (χ0v) is 11.7. The summed E-state index contributed by atoms with van der Waals surface area (Å²) in [6.45, 7) is 7.51. The molecule has 1 aliphatic heterocycles. The van der Waals surface area contributed by atoms with Gasteiger partial charge in [-0.15, -0.1) is 0 Å². The number of carbonyl (C=O) groups excluding carboxylic acids is 1. The van der Waals surface area contributed by atoms with Gasteiger partial charge in [0.25, 0.3) is 0 Å². The lowest BCUT2D eigenvalue weighted by molar-refractivity contribution is 0.0125. The normalized spacial score (nSPS) is 23.9. The largest absolute Gasteiger partial charge is 0.444 e. The predicted octanol–water partition coefficient (Wildman–Crippen LogP) is 2.41. The third kappa shape index (κ3) is 2.97. The molecule has 1 aliphatic carbocycles. The molecule has 2 fully saturated rings. The first kappa shape index (κ1) is 13.7. The maximum atomic E-state index is 11.9. The van der Waals surface area contributed by atoms with Crippen LogP contribution in [0.1, 0.15) is 46.5 Å². The third-order valence-corrected chi connectivity index (χ3v) is 4.22. The van der Waals surface area contributed by atoms with Gasteiger partial charge < -0.3 is 14.7 Å². The number of carbonyl (C=O) groups is 1. The first-order valence-electron chi connectivity index (χ1n) is 6.95. The Balaban J connectivity index is 1.82. The van der Waals surface area contributed by atoms with Gasteiger partial charge in [-0.05, 0) is 57.8 Å². The van der Waals surface area contributed by atoms with Crippen molar-refractivity contribution in [2.24, 2.45) is 11.3 Å². The molecule has 2 aliphatic rings. The average molecular weight is 255 g/mol. The zero-order chi connectivity index (χ0) is 13.4. The fourth-order valence-electron chi connectivity index (χ4n) is 2.86. The topological polar surface area (TPSA) is 49.8 Å². The van der Waals surface area contributed by atoms with E-state index < -0.39 is 5.60 Å². The van der Waals surface area contributed by atoms with Gasteiger partial charge in [0.1, 0.15) is 5.60 Å². The molecule has 0 aromatic carbocycles. The highest BCUT2D eigenvalue weighted by Gasteiger charge is 2.49. The summed E-state index contributed by atoms with van der Waals surface area (Å²) >= 11 is 0. The molecule has 1 heterocycles. The second kappa shape index (κ2) is 4.72. The Bertz CT molecular complexity index is 309. The molecule has 18 heavy (non-hydrogen) atoms. The summed E-state index contributed by atoms with van der Waals surface area (Å²) in [5, 5.41) is 9.43. The van der Waals surface area contributed by atoms with Crippen LogP contribution < -0.4 is 0 Å². The van der Waals surface area contributed by atoms with Crippen molar-refractivity contribution >= 4 is 6.09 Å². The number of likely N-dealkylation sites (tertiary alicyclic amines) is 1. The Morgan fingerprint density at radius 2 is 1.89 bits per heavy atom. The van der Waals surface area contributed by atoms with E-state index in [2.05, 4.69) is 0 Å². The third-order valence-electron chi connectivity index (χ3n) is 4.22. The Labute approximate surface area is 109 Å². The summed E-state index contributed by atoms with van der Waals surface area (Å²) in [5.74, 6) is 0.584. The lowest BCUT2D eigenvalue weighted by Crippen LogP contribution is -2.43. The minimum atomic E-state index is -0.420. The predicted molar refractivity (Wildman–Crippen MR) is 69.3 cm³/mol. The summed E-state index contributed by atoms with van der Waals surface area (Å²) in [6.07, 6.45) is 4.11. The number of aliphatic hydroxyl groups excluding tert-OH is 1. The Morgan fingerprint density at radius 3 is 2.28 bits per heavy atom. The molecule has 4 heteroatoms. The van der Waals surface area contributed by atoms with Crippen LogP contribution in [0.4, 0.5) is 4.79 Å². The summed E-state index contributed by atoms with van der Waals surface area (Å²) in [6, 6.07) is 0. The molecule has 0 atom stereocenters. The number of ether oxygens (including phenoxy) is 1. The van der Waals surface area contributed by atoms with Crippen molar-refractivity contribution in [2.75, 3.05) is 19.7 Å². The van der Waals surface area contributed by atoms with E-state index in [9.17, 15) is 9.90 Å². The monoisotopic (exact) mass is 255 g/mol. The SMILES string of the molecule is CC(C)(C)OC(=O)N1CCC(C2(CO)CC2)CC1. The van der Waals surface area contributed by atoms with Crippen molar-refractivity contribution < 1.29 is 14.6 Å². The van der Waals surface area contributed by atoms with Crippen LogP contribution in [0.2, 0.25) is 0 Å². The minimum absolute atomic E-state index is 0.194. The standard InChI is InChI=1S/C14H25NO3/c1-13(2,3)18-12(17)15-8-4-11(5-9-15)14(10-16)6-7-14/h11,16H,4-10H2,1-3H3. The maximum Gasteiger partial charge on any atom is 0.410 e. The van der Waals surface area contributed by atoms with Crippen molar-refractivity contribution in [3.8, 4) is 0 Å². The molecular weight excluding hydrogens is 230 g/mol. The van der Waals surface area contributed by atoms with Gasteiger partial charge in [-0.25, -0.2) is 4.79 Å². The Hall–Kier alpha value is -0.770. The fraction of sp³-hybridized carbons (Fsp3) is 0.929. The molecule has 0 aromatic rings. The van der Waals surface area contributed by atoms with Crippen LogP contribution in [-0.4, -0.2) is 41.4 Å². The van der Waals surface area contributed by atoms with Crippen LogP contribution in [0.15, 0.2) is 0 Å². The highest BCUT2D eigenvalue weighted by Crippen LogP contribution is 2.54. The quantitative estimate of drug-likeness (QED) is 0.824. The minimum Gasteiger partial charge on any atom is -0.444 e. The summed E-state index contributed by atoms with van der Waals surface area (Å²) in [7, 11) is 0. The van der Waals surface area contributed by atoms with E-state index in [-0.39, 0.29) is 11.5 Å². The molecule has 1 N–H and O–H groups in total. The van der Waals surface area contributed by atoms with E-state index >= 15 is 0 Å². The van der Waals surface area contributed by atoms with Crippen LogP contribution in [0.25, 0.3) is 0 Å². The molecule has 1 saturated heterocycles. The lowest BCUT2D eigenvalue weighted by Gasteiger charge is -2.36. The molecule has 0 bridgehead atoms. The number of nitrogens with zero attached hydrogens (tertiary/aromatic N) is 1. The molecule has 104 valence electrons. The van der Waals surface area contributed by atoms with E-state index in [1.807, 2.05) is 20.8 Å². The van der Waals surface area contributed by atoms with Crippen LogP contribution in [0.5, 0.6) is 0 Å². The molecule has 2 rings (SSSR count). The molecule has 1 amide bonds. The number of aliphatic hydroxyl groups is 1. The number of piperidine rings is 1. The van der Waals surface area contributed by atoms with E-state index in [4.69, 9.17) is 4.74 Å². The van der Waals surface area contributed by atoms with Gasteiger partial charge in [0, 0.05) is 19.7 Å². The first-order chi connectivity index (χ1) is 8.36. The van der Waals surface area contributed by atoms with Gasteiger partial charge in [-0.3, -0.25) is 0 Å². The van der Waals surface area contributed by atoms with Gasteiger partial charge in [0.05, 0.1) is 0 Å². The van der Waals surface area contributed by atoms with Gasteiger partial charge >= 0.3 is 6.09 Å². The van der Waals surface area contributed by atoms with Crippen molar-refractivity contribution in [2.45, 2.75) is 52.1 Å².